The van der Waals surface area contributed by atoms with E-state index in [0.29, 0.717) is 0 Å². The summed E-state index contributed by atoms with van der Waals surface area (Å²) in [6, 6.07) is 13.9. The summed E-state index contributed by atoms with van der Waals surface area (Å²) in [5.74, 6) is 0.834. The predicted molar refractivity (Wildman–Crippen MR) is 131 cm³/mol. The van der Waals surface area contributed by atoms with Crippen LogP contribution in [0.5, 0.6) is 5.75 Å². The van der Waals surface area contributed by atoms with E-state index < -0.39 is 37.3 Å². The number of aromatic nitrogens is 1. The van der Waals surface area contributed by atoms with E-state index in [1.165, 1.54) is 0 Å². The lowest BCUT2D eigenvalue weighted by atomic mass is 9.98. The van der Waals surface area contributed by atoms with Gasteiger partial charge < -0.3 is 39.2 Å². The summed E-state index contributed by atoms with van der Waals surface area (Å²) in [7, 11) is 0. The Bertz CT molecular complexity index is 1140. The molecule has 2 fully saturated rings. The Kier molecular flexibility index (Phi) is 7.36. The number of nitrogens with zero attached hydrogens (tertiary/aromatic N) is 1. The van der Waals surface area contributed by atoms with Gasteiger partial charge in [0, 0.05) is 34.2 Å². The lowest BCUT2D eigenvalue weighted by molar-refractivity contribution is -0.250. The molecule has 0 unspecified atom stereocenters. The fourth-order valence-electron chi connectivity index (χ4n) is 4.75. The third-order valence-corrected chi connectivity index (χ3v) is 7.73. The summed E-state index contributed by atoms with van der Waals surface area (Å²) in [6.07, 6.45) is -2.26. The summed E-state index contributed by atoms with van der Waals surface area (Å²) in [6.45, 7) is 3.02. The van der Waals surface area contributed by atoms with Crippen LogP contribution in [0.3, 0.4) is 0 Å². The van der Waals surface area contributed by atoms with Gasteiger partial charge >= 0.3 is 0 Å². The molecule has 5 rings (SSSR count). The van der Waals surface area contributed by atoms with Gasteiger partial charge in [0.25, 0.3) is 0 Å². The van der Waals surface area contributed by atoms with E-state index in [2.05, 4.69) is 0 Å². The minimum atomic E-state index is -1.44. The minimum absolute atomic E-state index is 0.182. The quantitative estimate of drug-likeness (QED) is 0.408. The van der Waals surface area contributed by atoms with E-state index in [1.807, 2.05) is 55.6 Å². The van der Waals surface area contributed by atoms with Crippen molar-refractivity contribution in [3.8, 4) is 5.75 Å². The van der Waals surface area contributed by atoms with Crippen LogP contribution in [-0.2, 0) is 9.47 Å². The second-order valence-electron chi connectivity index (χ2n) is 9.09. The summed E-state index contributed by atoms with van der Waals surface area (Å²) in [4.78, 5) is 1.99. The summed E-state index contributed by atoms with van der Waals surface area (Å²) < 4.78 is 19.1. The highest BCUT2D eigenvalue weighted by atomic mass is 32.2. The zero-order valence-corrected chi connectivity index (χ0v) is 20.3. The zero-order valence-electron chi connectivity index (χ0n) is 19.5. The first kappa shape index (κ1) is 24.6. The van der Waals surface area contributed by atoms with E-state index in [0.717, 1.165) is 58.1 Å². The van der Waals surface area contributed by atoms with Crippen LogP contribution in [0.1, 0.15) is 24.6 Å². The number of ether oxygens (including phenoxy) is 3. The maximum absolute atomic E-state index is 10.7. The molecule has 0 radical (unpaired) electrons. The number of fused-ring (bicyclic) bond motifs is 1. The van der Waals surface area contributed by atoms with Crippen molar-refractivity contribution in [3.63, 3.8) is 0 Å². The fourth-order valence-corrected chi connectivity index (χ4v) is 5.81. The summed E-state index contributed by atoms with van der Waals surface area (Å²) >= 11 is 1.59. The van der Waals surface area contributed by atoms with Gasteiger partial charge in [0.1, 0.15) is 36.3 Å². The Morgan fingerprint density at radius 3 is 2.46 bits per heavy atom. The van der Waals surface area contributed by atoms with E-state index >= 15 is 0 Å². The van der Waals surface area contributed by atoms with Crippen molar-refractivity contribution in [1.29, 1.82) is 0 Å². The Labute approximate surface area is 208 Å². The van der Waals surface area contributed by atoms with E-state index in [4.69, 9.17) is 14.2 Å². The van der Waals surface area contributed by atoms with Crippen molar-refractivity contribution in [2.24, 2.45) is 0 Å². The normalized spacial score (nSPS) is 27.9. The molecular weight excluding hydrogens is 470 g/mol. The van der Waals surface area contributed by atoms with Gasteiger partial charge in [-0.15, -0.1) is 0 Å². The SMILES string of the molecule is Cc1cccc2c1c(Sc1ccc(OC3CCOCC3)cc1)cn2[C@@H]1O[C@H](CO)[C@@H](O)[C@H](O)[C@H]1O. The molecule has 0 aliphatic carbocycles. The van der Waals surface area contributed by atoms with Crippen LogP contribution in [0.15, 0.2) is 58.5 Å². The molecule has 5 atom stereocenters. The molecule has 9 heteroatoms. The topological polar surface area (TPSA) is 114 Å². The summed E-state index contributed by atoms with van der Waals surface area (Å²) in [5, 5.41) is 41.8. The average Bonchev–Trinajstić information content (AvgIpc) is 3.24. The van der Waals surface area contributed by atoms with Gasteiger partial charge in [-0.25, -0.2) is 0 Å². The first-order valence-electron chi connectivity index (χ1n) is 11.9. The number of aryl methyl sites for hydroxylation is 1. The number of aliphatic hydroxyl groups is 4. The molecule has 0 saturated carbocycles. The highest BCUT2D eigenvalue weighted by molar-refractivity contribution is 7.99. The number of hydrogen-bond donors (Lipinski definition) is 4. The van der Waals surface area contributed by atoms with Gasteiger partial charge in [0.2, 0.25) is 0 Å². The Morgan fingerprint density at radius 2 is 1.74 bits per heavy atom. The zero-order chi connectivity index (χ0) is 24.5. The smallest absolute Gasteiger partial charge is 0.163 e. The number of hydrogen-bond acceptors (Lipinski definition) is 8. The molecule has 1 aromatic heterocycles. The van der Waals surface area contributed by atoms with Gasteiger partial charge in [-0.05, 0) is 42.8 Å². The third kappa shape index (κ3) is 4.95. The maximum atomic E-state index is 10.7. The van der Waals surface area contributed by atoms with Crippen LogP contribution in [0.25, 0.3) is 10.9 Å². The molecule has 2 aromatic carbocycles. The molecular formula is C26H31NO7S. The van der Waals surface area contributed by atoms with Crippen LogP contribution < -0.4 is 4.74 Å². The van der Waals surface area contributed by atoms with Gasteiger partial charge in [0.05, 0.1) is 25.3 Å². The number of benzene rings is 2. The second kappa shape index (κ2) is 10.5. The maximum Gasteiger partial charge on any atom is 0.163 e. The van der Waals surface area contributed by atoms with Gasteiger partial charge in [-0.2, -0.15) is 0 Å². The van der Waals surface area contributed by atoms with Crippen LogP contribution in [-0.4, -0.2) is 75.3 Å². The standard InChI is InChI=1S/C26H31NO7S/c1-15-3-2-4-19-22(15)21(13-27(19)26-25(31)24(30)23(29)20(14-28)34-26)35-18-7-5-16(6-8-18)33-17-9-11-32-12-10-17/h2-8,13,17,20,23-26,28-31H,9-12,14H2,1H3/t20-,23-,24+,25-,26-/m1/s1. The number of aliphatic hydroxyl groups excluding tert-OH is 4. The van der Waals surface area contributed by atoms with Gasteiger partial charge in [-0.1, -0.05) is 23.9 Å². The van der Waals surface area contributed by atoms with E-state index in [9.17, 15) is 20.4 Å². The van der Waals surface area contributed by atoms with Crippen molar-refractivity contribution in [1.82, 2.24) is 4.57 Å². The van der Waals surface area contributed by atoms with Crippen molar-refractivity contribution in [2.45, 2.75) is 66.3 Å². The first-order valence-corrected chi connectivity index (χ1v) is 12.7. The molecule has 2 saturated heterocycles. The molecule has 3 heterocycles. The Hall–Kier alpha value is -2.11. The Morgan fingerprint density at radius 1 is 1.00 bits per heavy atom. The van der Waals surface area contributed by atoms with Crippen LogP contribution in [0.2, 0.25) is 0 Å². The minimum Gasteiger partial charge on any atom is -0.490 e. The van der Waals surface area contributed by atoms with Crippen molar-refractivity contribution < 1.29 is 34.6 Å². The third-order valence-electron chi connectivity index (χ3n) is 6.70. The predicted octanol–water partition coefficient (Wildman–Crippen LogP) is 2.63. The molecule has 8 nitrogen and oxygen atoms in total. The molecule has 0 amide bonds. The first-order chi connectivity index (χ1) is 17.0. The largest absolute Gasteiger partial charge is 0.490 e. The van der Waals surface area contributed by atoms with Gasteiger partial charge in [0.15, 0.2) is 6.23 Å². The summed E-state index contributed by atoms with van der Waals surface area (Å²) in [5.41, 5.74) is 1.89. The molecule has 3 aromatic rings. The molecule has 0 spiro atoms. The fraction of sp³-hybridized carbons (Fsp3) is 0.462. The highest BCUT2D eigenvalue weighted by Crippen LogP contribution is 2.40. The second-order valence-corrected chi connectivity index (χ2v) is 10.2. The van der Waals surface area contributed by atoms with E-state index in [1.54, 1.807) is 16.3 Å². The molecule has 0 bridgehead atoms. The van der Waals surface area contributed by atoms with Crippen molar-refractivity contribution >= 4 is 22.7 Å². The van der Waals surface area contributed by atoms with Crippen LogP contribution in [0, 0.1) is 6.92 Å². The van der Waals surface area contributed by atoms with Crippen molar-refractivity contribution in [3.05, 3.63) is 54.2 Å². The lowest BCUT2D eigenvalue weighted by Crippen LogP contribution is -2.56. The number of rotatable bonds is 6. The molecule has 2 aliphatic heterocycles. The molecule has 4 N–H and O–H groups in total. The molecule has 188 valence electrons. The molecule has 2 aliphatic rings. The Balaban J connectivity index is 1.42. The van der Waals surface area contributed by atoms with Crippen molar-refractivity contribution in [2.75, 3.05) is 19.8 Å². The van der Waals surface area contributed by atoms with Crippen LogP contribution in [0.4, 0.5) is 0 Å². The van der Waals surface area contributed by atoms with E-state index in [-0.39, 0.29) is 6.10 Å². The van der Waals surface area contributed by atoms with Crippen LogP contribution >= 0.6 is 11.8 Å². The lowest BCUT2D eigenvalue weighted by Gasteiger charge is -2.40. The average molecular weight is 502 g/mol. The molecule has 35 heavy (non-hydrogen) atoms. The van der Waals surface area contributed by atoms with Gasteiger partial charge in [-0.3, -0.25) is 0 Å². The monoisotopic (exact) mass is 501 g/mol. The highest BCUT2D eigenvalue weighted by Gasteiger charge is 2.44.